The molecule has 3 aromatic heterocycles. The molecule has 1 amide bonds. The van der Waals surface area contributed by atoms with Gasteiger partial charge in [-0.05, 0) is 51.5 Å². The van der Waals surface area contributed by atoms with Crippen molar-refractivity contribution in [1.29, 1.82) is 0 Å². The van der Waals surface area contributed by atoms with Gasteiger partial charge in [-0.25, -0.2) is 18.7 Å². The Labute approximate surface area is 214 Å². The predicted octanol–water partition coefficient (Wildman–Crippen LogP) is 4.97. The van der Waals surface area contributed by atoms with Gasteiger partial charge < -0.3 is 15.4 Å². The lowest BCUT2D eigenvalue weighted by Gasteiger charge is -2.19. The molecule has 3 atom stereocenters. The van der Waals surface area contributed by atoms with Gasteiger partial charge in [-0.1, -0.05) is 0 Å². The molecule has 3 saturated carbocycles. The molecule has 3 fully saturated rings. The number of hydrogen-bond acceptors (Lipinski definition) is 7. The summed E-state index contributed by atoms with van der Waals surface area (Å²) in [5.74, 6) is 0.468. The van der Waals surface area contributed by atoms with Gasteiger partial charge >= 0.3 is 12.5 Å². The van der Waals surface area contributed by atoms with Crippen LogP contribution in [-0.4, -0.2) is 55.1 Å². The summed E-state index contributed by atoms with van der Waals surface area (Å²) in [7, 11) is 0. The third kappa shape index (κ3) is 5.40. The van der Waals surface area contributed by atoms with Crippen molar-refractivity contribution in [2.75, 3.05) is 5.32 Å². The summed E-state index contributed by atoms with van der Waals surface area (Å²) in [5.41, 5.74) is 1.61. The van der Waals surface area contributed by atoms with Gasteiger partial charge in [-0.3, -0.25) is 9.84 Å². The summed E-state index contributed by atoms with van der Waals surface area (Å²) in [5, 5.41) is 17.2. The number of halogens is 4. The van der Waals surface area contributed by atoms with Crippen molar-refractivity contribution in [3.63, 3.8) is 0 Å². The largest absolute Gasteiger partial charge is 0.522 e. The summed E-state index contributed by atoms with van der Waals surface area (Å²) >= 11 is 0. The monoisotopic (exact) mass is 537 g/mol. The Hall–Kier alpha value is -3.42. The average Bonchev–Trinajstić information content (AvgIpc) is 3.68. The summed E-state index contributed by atoms with van der Waals surface area (Å²) in [6.45, 7) is 1.19. The zero-order valence-electron chi connectivity index (χ0n) is 20.5. The van der Waals surface area contributed by atoms with E-state index in [0.29, 0.717) is 35.7 Å². The minimum atomic E-state index is -4.77. The number of aromatic amines is 1. The van der Waals surface area contributed by atoms with Crippen molar-refractivity contribution in [3.8, 4) is 0 Å². The lowest BCUT2D eigenvalue weighted by molar-refractivity contribution is -0.330. The first-order chi connectivity index (χ1) is 18.1. The SMILES string of the molecule is CC1(NC(=O)O[C@@H]2CC[C@H](c3cc(Nc4nc(C5CC5)cn5nc(COC(F)(F)F)cc45)n[nH]3)[C@H]2F)CC1. The molecule has 0 bridgehead atoms. The number of aromatic nitrogens is 5. The number of nitrogens with one attached hydrogen (secondary N) is 3. The van der Waals surface area contributed by atoms with Crippen molar-refractivity contribution in [2.45, 2.75) is 88.1 Å². The molecule has 3 aliphatic rings. The van der Waals surface area contributed by atoms with Crippen LogP contribution >= 0.6 is 0 Å². The fourth-order valence-electron chi connectivity index (χ4n) is 4.77. The standard InChI is InChI=1S/C24H27F4N7O3/c1-23(6-7-23)31-22(36)38-18-5-4-14(20(18)25)15-9-19(33-32-15)30-21-17-8-13(11-37-24(26,27)28)34-35(17)10-16(29-21)12-2-3-12/h8-10,12,14,18,20H,2-7,11H2,1H3,(H,31,36)(H2,29,30,32,33)/t14-,18-,20-/m1/s1. The summed E-state index contributed by atoms with van der Waals surface area (Å²) in [6, 6.07) is 3.13. The number of carbonyl (C=O) groups is 1. The first-order valence-electron chi connectivity index (χ1n) is 12.6. The lowest BCUT2D eigenvalue weighted by Crippen LogP contribution is -2.38. The second-order valence-corrected chi connectivity index (χ2v) is 10.6. The van der Waals surface area contributed by atoms with Crippen LogP contribution in [0, 0.1) is 0 Å². The second kappa shape index (κ2) is 9.10. The number of amides is 1. The molecule has 6 rings (SSSR count). The molecular formula is C24H27F4N7O3. The van der Waals surface area contributed by atoms with Crippen LogP contribution in [0.5, 0.6) is 0 Å². The van der Waals surface area contributed by atoms with E-state index in [2.05, 4.69) is 35.7 Å². The highest BCUT2D eigenvalue weighted by Gasteiger charge is 2.43. The Morgan fingerprint density at radius 2 is 2.03 bits per heavy atom. The van der Waals surface area contributed by atoms with Crippen LogP contribution in [0.2, 0.25) is 0 Å². The summed E-state index contributed by atoms with van der Waals surface area (Å²) in [6.07, 6.45) is -1.34. The lowest BCUT2D eigenvalue weighted by atomic mass is 10.0. The fraction of sp³-hybridized carbons (Fsp3) is 0.583. The molecule has 38 heavy (non-hydrogen) atoms. The molecule has 0 unspecified atom stereocenters. The van der Waals surface area contributed by atoms with Crippen LogP contribution < -0.4 is 10.6 Å². The van der Waals surface area contributed by atoms with Gasteiger partial charge in [0.2, 0.25) is 0 Å². The Balaban J connectivity index is 1.16. The van der Waals surface area contributed by atoms with Crippen molar-refractivity contribution in [3.05, 3.63) is 35.4 Å². The van der Waals surface area contributed by atoms with Crippen LogP contribution in [-0.2, 0) is 16.1 Å². The van der Waals surface area contributed by atoms with Crippen LogP contribution in [0.15, 0.2) is 18.3 Å². The van der Waals surface area contributed by atoms with Crippen molar-refractivity contribution >= 4 is 23.2 Å². The number of anilines is 2. The minimum absolute atomic E-state index is 0.0971. The maximum absolute atomic E-state index is 15.2. The third-order valence-electron chi connectivity index (χ3n) is 7.31. The number of nitrogens with zero attached hydrogens (tertiary/aromatic N) is 4. The predicted molar refractivity (Wildman–Crippen MR) is 126 cm³/mol. The fourth-order valence-corrected chi connectivity index (χ4v) is 4.77. The molecule has 0 radical (unpaired) electrons. The van der Waals surface area contributed by atoms with Gasteiger partial charge in [0.05, 0.1) is 17.6 Å². The molecule has 0 saturated heterocycles. The maximum Gasteiger partial charge on any atom is 0.522 e. The minimum Gasteiger partial charge on any atom is -0.443 e. The number of rotatable bonds is 8. The van der Waals surface area contributed by atoms with E-state index in [-0.39, 0.29) is 17.2 Å². The van der Waals surface area contributed by atoms with Gasteiger partial charge in [0.15, 0.2) is 11.6 Å². The van der Waals surface area contributed by atoms with Crippen molar-refractivity contribution < 1.29 is 31.8 Å². The number of carbonyl (C=O) groups excluding carboxylic acids is 1. The number of hydrogen-bond donors (Lipinski definition) is 3. The van der Waals surface area contributed by atoms with E-state index < -0.39 is 37.3 Å². The van der Waals surface area contributed by atoms with Gasteiger partial charge in [-0.15, -0.1) is 13.2 Å². The third-order valence-corrected chi connectivity index (χ3v) is 7.31. The zero-order valence-corrected chi connectivity index (χ0v) is 20.5. The molecule has 14 heteroatoms. The molecule has 0 spiro atoms. The number of ether oxygens (including phenoxy) is 2. The van der Waals surface area contributed by atoms with Gasteiger partial charge in [0.25, 0.3) is 0 Å². The van der Waals surface area contributed by atoms with Gasteiger partial charge in [-0.2, -0.15) is 10.2 Å². The van der Waals surface area contributed by atoms with Crippen molar-refractivity contribution in [2.24, 2.45) is 0 Å². The smallest absolute Gasteiger partial charge is 0.443 e. The number of fused-ring (bicyclic) bond motifs is 1. The Bertz CT molecular complexity index is 1350. The van der Waals surface area contributed by atoms with E-state index in [4.69, 9.17) is 4.74 Å². The Kier molecular flexibility index (Phi) is 5.96. The van der Waals surface area contributed by atoms with Gasteiger partial charge in [0.1, 0.15) is 24.4 Å². The van der Waals surface area contributed by atoms with Crippen molar-refractivity contribution in [1.82, 2.24) is 30.1 Å². The molecule has 3 aliphatic carbocycles. The number of H-pyrrole nitrogens is 1. The molecule has 0 aliphatic heterocycles. The Morgan fingerprint density at radius 1 is 1.24 bits per heavy atom. The average molecular weight is 538 g/mol. The molecule has 3 aromatic rings. The van der Waals surface area contributed by atoms with Crippen LogP contribution in [0.25, 0.3) is 5.52 Å². The van der Waals surface area contributed by atoms with E-state index in [1.165, 1.54) is 10.6 Å². The number of alkyl halides is 4. The quantitative estimate of drug-likeness (QED) is 0.347. The first-order valence-corrected chi connectivity index (χ1v) is 12.6. The van der Waals surface area contributed by atoms with E-state index in [0.717, 1.165) is 31.4 Å². The molecule has 204 valence electrons. The first kappa shape index (κ1) is 24.9. The highest BCUT2D eigenvalue weighted by atomic mass is 19.4. The van der Waals surface area contributed by atoms with E-state index >= 15 is 4.39 Å². The molecule has 0 aromatic carbocycles. The van der Waals surface area contributed by atoms with E-state index in [1.807, 2.05) is 6.92 Å². The molecule has 3 N–H and O–H groups in total. The highest BCUT2D eigenvalue weighted by molar-refractivity contribution is 5.73. The summed E-state index contributed by atoms with van der Waals surface area (Å²) < 4.78 is 63.5. The van der Waals surface area contributed by atoms with E-state index in [9.17, 15) is 18.0 Å². The highest BCUT2D eigenvalue weighted by Crippen LogP contribution is 2.41. The molecular weight excluding hydrogens is 510 g/mol. The van der Waals surface area contributed by atoms with Crippen LogP contribution in [0.1, 0.15) is 74.4 Å². The number of alkyl carbamates (subject to hydrolysis) is 1. The summed E-state index contributed by atoms with van der Waals surface area (Å²) in [4.78, 5) is 16.8. The van der Waals surface area contributed by atoms with Crippen LogP contribution in [0.3, 0.4) is 0 Å². The molecule has 10 nitrogen and oxygen atoms in total. The second-order valence-electron chi connectivity index (χ2n) is 10.6. The zero-order chi connectivity index (χ0) is 26.7. The normalized spacial score (nSPS) is 24.5. The topological polar surface area (TPSA) is 118 Å². The molecule has 3 heterocycles. The Morgan fingerprint density at radius 3 is 2.74 bits per heavy atom. The van der Waals surface area contributed by atoms with Crippen LogP contribution in [0.4, 0.5) is 34.0 Å². The van der Waals surface area contributed by atoms with Gasteiger partial charge in [0, 0.05) is 29.1 Å². The maximum atomic E-state index is 15.2. The van der Waals surface area contributed by atoms with E-state index in [1.54, 1.807) is 12.3 Å².